The Hall–Kier alpha value is -2.11. The maximum absolute atomic E-state index is 12.1. The van der Waals surface area contributed by atoms with Crippen molar-refractivity contribution in [1.82, 2.24) is 4.98 Å². The molecule has 0 spiro atoms. The molecule has 0 aliphatic carbocycles. The number of halogens is 2. The van der Waals surface area contributed by atoms with Crippen LogP contribution in [-0.4, -0.2) is 22.0 Å². The second-order valence-corrected chi connectivity index (χ2v) is 4.65. The van der Waals surface area contributed by atoms with E-state index in [1.165, 1.54) is 24.4 Å². The first-order valence-corrected chi connectivity index (χ1v) is 6.18. The number of rotatable bonds is 3. The molecular formula is C13H8Cl2N2O3. The lowest BCUT2D eigenvalue weighted by Crippen LogP contribution is -2.16. The number of nitrogens with one attached hydrogen (secondary N) is 1. The van der Waals surface area contributed by atoms with Gasteiger partial charge in [0.1, 0.15) is 0 Å². The quantitative estimate of drug-likeness (QED) is 0.911. The van der Waals surface area contributed by atoms with Crippen LogP contribution in [0.3, 0.4) is 0 Å². The number of hydrogen-bond acceptors (Lipinski definition) is 3. The number of carbonyl (C=O) groups excluding carboxylic acids is 1. The van der Waals surface area contributed by atoms with E-state index in [1.807, 2.05) is 0 Å². The van der Waals surface area contributed by atoms with Gasteiger partial charge in [-0.3, -0.25) is 9.78 Å². The second kappa shape index (κ2) is 5.90. The van der Waals surface area contributed by atoms with Crippen LogP contribution in [0.25, 0.3) is 0 Å². The van der Waals surface area contributed by atoms with Crippen LogP contribution >= 0.6 is 23.2 Å². The number of carboxylic acid groups (broad SMARTS) is 1. The minimum absolute atomic E-state index is 0.00137. The van der Waals surface area contributed by atoms with Crippen molar-refractivity contribution in [2.45, 2.75) is 0 Å². The molecule has 0 aliphatic heterocycles. The van der Waals surface area contributed by atoms with Crippen molar-refractivity contribution < 1.29 is 14.7 Å². The second-order valence-electron chi connectivity index (χ2n) is 3.80. The lowest BCUT2D eigenvalue weighted by Gasteiger charge is -2.09. The minimum Gasteiger partial charge on any atom is -0.478 e. The first-order chi connectivity index (χ1) is 9.49. The van der Waals surface area contributed by atoms with E-state index in [2.05, 4.69) is 10.3 Å². The summed E-state index contributed by atoms with van der Waals surface area (Å²) in [5.41, 5.74) is 0.155. The highest BCUT2D eigenvalue weighted by Crippen LogP contribution is 2.26. The van der Waals surface area contributed by atoms with Crippen LogP contribution in [-0.2, 0) is 0 Å². The summed E-state index contributed by atoms with van der Waals surface area (Å²) in [6, 6.07) is 5.89. The largest absolute Gasteiger partial charge is 0.478 e. The molecular weight excluding hydrogens is 303 g/mol. The van der Waals surface area contributed by atoms with Crippen LogP contribution < -0.4 is 5.32 Å². The molecule has 20 heavy (non-hydrogen) atoms. The Bertz CT molecular complexity index is 689. The predicted octanol–water partition coefficient (Wildman–Crippen LogP) is 3.34. The number of aromatic carboxylic acids is 1. The molecule has 0 radical (unpaired) electrons. The highest BCUT2D eigenvalue weighted by molar-refractivity contribution is 6.36. The standard InChI is InChI=1S/C13H8Cl2N2O3/c14-7-1-2-11(10(15)5-7)17-12(18)8-3-4-16-6-9(8)13(19)20/h1-6H,(H,17,18)(H,19,20). The fraction of sp³-hybridized carbons (Fsp3) is 0. The maximum atomic E-state index is 12.1. The van der Waals surface area contributed by atoms with Crippen LogP contribution in [0.15, 0.2) is 36.7 Å². The van der Waals surface area contributed by atoms with Crippen molar-refractivity contribution in [3.8, 4) is 0 Å². The number of hydrogen-bond donors (Lipinski definition) is 2. The average Bonchev–Trinajstić information content (AvgIpc) is 2.41. The molecule has 7 heteroatoms. The third-order valence-corrected chi connectivity index (χ3v) is 3.02. The summed E-state index contributed by atoms with van der Waals surface area (Å²) in [5, 5.41) is 12.2. The highest BCUT2D eigenvalue weighted by Gasteiger charge is 2.17. The zero-order valence-electron chi connectivity index (χ0n) is 9.93. The van der Waals surface area contributed by atoms with E-state index in [4.69, 9.17) is 28.3 Å². The molecule has 0 bridgehead atoms. The molecule has 0 saturated carbocycles. The van der Waals surface area contributed by atoms with Crippen LogP contribution in [0.4, 0.5) is 5.69 Å². The Morgan fingerprint density at radius 3 is 2.55 bits per heavy atom. The van der Waals surface area contributed by atoms with Crippen molar-refractivity contribution in [2.24, 2.45) is 0 Å². The summed E-state index contributed by atoms with van der Waals surface area (Å²) < 4.78 is 0. The Morgan fingerprint density at radius 2 is 1.90 bits per heavy atom. The number of amides is 1. The molecule has 0 unspecified atom stereocenters. The van der Waals surface area contributed by atoms with E-state index in [0.717, 1.165) is 6.20 Å². The monoisotopic (exact) mass is 310 g/mol. The van der Waals surface area contributed by atoms with E-state index < -0.39 is 11.9 Å². The minimum atomic E-state index is -1.23. The van der Waals surface area contributed by atoms with Crippen molar-refractivity contribution in [3.63, 3.8) is 0 Å². The summed E-state index contributed by atoms with van der Waals surface area (Å²) >= 11 is 11.7. The molecule has 0 saturated heterocycles. The third-order valence-electron chi connectivity index (χ3n) is 2.48. The number of carbonyl (C=O) groups is 2. The fourth-order valence-corrected chi connectivity index (χ4v) is 2.00. The summed E-state index contributed by atoms with van der Waals surface area (Å²) in [7, 11) is 0. The molecule has 0 fully saturated rings. The number of carboxylic acids is 1. The Labute approximate surface area is 124 Å². The highest BCUT2D eigenvalue weighted by atomic mass is 35.5. The van der Waals surface area contributed by atoms with E-state index in [-0.39, 0.29) is 16.1 Å². The molecule has 2 N–H and O–H groups in total. The topological polar surface area (TPSA) is 79.3 Å². The number of anilines is 1. The maximum Gasteiger partial charge on any atom is 0.338 e. The smallest absolute Gasteiger partial charge is 0.338 e. The molecule has 0 atom stereocenters. The Kier molecular flexibility index (Phi) is 4.22. The van der Waals surface area contributed by atoms with Gasteiger partial charge in [-0.25, -0.2) is 4.79 Å². The van der Waals surface area contributed by atoms with Crippen molar-refractivity contribution >= 4 is 40.8 Å². The first-order valence-electron chi connectivity index (χ1n) is 5.42. The molecule has 102 valence electrons. The van der Waals surface area contributed by atoms with Crippen molar-refractivity contribution in [2.75, 3.05) is 5.32 Å². The third kappa shape index (κ3) is 3.07. The van der Waals surface area contributed by atoms with Crippen molar-refractivity contribution in [3.05, 3.63) is 57.8 Å². The summed E-state index contributed by atoms with van der Waals surface area (Å²) in [6.07, 6.45) is 2.45. The lowest BCUT2D eigenvalue weighted by molar-refractivity contribution is 0.0692. The van der Waals surface area contributed by atoms with Gasteiger partial charge in [0.25, 0.3) is 5.91 Å². The Balaban J connectivity index is 2.31. The van der Waals surface area contributed by atoms with Gasteiger partial charge in [0.2, 0.25) is 0 Å². The Morgan fingerprint density at radius 1 is 1.15 bits per heavy atom. The molecule has 1 aromatic heterocycles. The first kappa shape index (κ1) is 14.3. The van der Waals surface area contributed by atoms with Gasteiger partial charge < -0.3 is 10.4 Å². The zero-order valence-corrected chi connectivity index (χ0v) is 11.4. The van der Waals surface area contributed by atoms with Gasteiger partial charge in [-0.05, 0) is 24.3 Å². The predicted molar refractivity (Wildman–Crippen MR) is 75.6 cm³/mol. The summed E-state index contributed by atoms with van der Waals surface area (Å²) in [4.78, 5) is 26.8. The van der Waals surface area contributed by atoms with Gasteiger partial charge in [0.05, 0.1) is 21.8 Å². The van der Waals surface area contributed by atoms with Crippen LogP contribution in [0.1, 0.15) is 20.7 Å². The number of pyridine rings is 1. The molecule has 0 aliphatic rings. The number of benzene rings is 1. The summed E-state index contributed by atoms with van der Waals surface area (Å²) in [5.74, 6) is -1.82. The van der Waals surface area contributed by atoms with E-state index >= 15 is 0 Å². The van der Waals surface area contributed by atoms with Crippen LogP contribution in [0.5, 0.6) is 0 Å². The van der Waals surface area contributed by atoms with Crippen LogP contribution in [0.2, 0.25) is 10.0 Å². The number of aromatic nitrogens is 1. The molecule has 1 heterocycles. The van der Waals surface area contributed by atoms with Gasteiger partial charge in [-0.2, -0.15) is 0 Å². The van der Waals surface area contributed by atoms with Gasteiger partial charge in [0, 0.05) is 17.4 Å². The molecule has 1 amide bonds. The molecule has 1 aromatic carbocycles. The van der Waals surface area contributed by atoms with Crippen LogP contribution in [0, 0.1) is 0 Å². The molecule has 2 rings (SSSR count). The van der Waals surface area contributed by atoms with Crippen molar-refractivity contribution in [1.29, 1.82) is 0 Å². The zero-order chi connectivity index (χ0) is 14.7. The normalized spacial score (nSPS) is 10.1. The summed E-state index contributed by atoms with van der Waals surface area (Å²) in [6.45, 7) is 0. The molecule has 2 aromatic rings. The lowest BCUT2D eigenvalue weighted by atomic mass is 10.1. The van der Waals surface area contributed by atoms with E-state index in [0.29, 0.717) is 10.7 Å². The van der Waals surface area contributed by atoms with Gasteiger partial charge in [0.15, 0.2) is 0 Å². The van der Waals surface area contributed by atoms with Gasteiger partial charge in [-0.1, -0.05) is 23.2 Å². The SMILES string of the molecule is O=C(O)c1cnccc1C(=O)Nc1ccc(Cl)cc1Cl. The number of nitrogens with zero attached hydrogens (tertiary/aromatic N) is 1. The molecule has 5 nitrogen and oxygen atoms in total. The van der Waals surface area contributed by atoms with E-state index in [9.17, 15) is 9.59 Å². The fourth-order valence-electron chi connectivity index (χ4n) is 1.54. The average molecular weight is 311 g/mol. The van der Waals surface area contributed by atoms with Gasteiger partial charge >= 0.3 is 5.97 Å². The van der Waals surface area contributed by atoms with Gasteiger partial charge in [-0.15, -0.1) is 0 Å². The van der Waals surface area contributed by atoms with E-state index in [1.54, 1.807) is 6.07 Å².